The highest BCUT2D eigenvalue weighted by Crippen LogP contribution is 2.33. The Morgan fingerprint density at radius 3 is 2.41 bits per heavy atom. The van der Waals surface area contributed by atoms with Crippen LogP contribution in [0.1, 0.15) is 29.2 Å². The molecule has 1 N–H and O–H groups in total. The van der Waals surface area contributed by atoms with Crippen LogP contribution in [0, 0.1) is 6.92 Å². The van der Waals surface area contributed by atoms with Crippen LogP contribution >= 0.6 is 0 Å². The van der Waals surface area contributed by atoms with Gasteiger partial charge in [0.1, 0.15) is 11.3 Å². The zero-order chi connectivity index (χ0) is 22.2. The Bertz CT molecular complexity index is 1210. The number of hydrogen-bond donors (Lipinski definition) is 1. The highest BCUT2D eigenvalue weighted by molar-refractivity contribution is 5.85. The Labute approximate surface area is 186 Å². The van der Waals surface area contributed by atoms with Crippen LogP contribution in [-0.2, 0) is 19.5 Å². The number of phenolic OH excluding ortho intramolecular Hbond substituents is 1. The molecule has 3 heterocycles. The van der Waals surface area contributed by atoms with Gasteiger partial charge >= 0.3 is 5.63 Å². The zero-order valence-corrected chi connectivity index (χ0v) is 18.5. The molecule has 1 aromatic heterocycles. The van der Waals surface area contributed by atoms with Crippen LogP contribution < -0.4 is 15.1 Å². The van der Waals surface area contributed by atoms with Crippen molar-refractivity contribution < 1.29 is 19.0 Å². The molecule has 2 aliphatic heterocycles. The number of fused-ring (bicyclic) bond motifs is 2. The van der Waals surface area contributed by atoms with Crippen molar-refractivity contribution in [2.45, 2.75) is 33.4 Å². The maximum absolute atomic E-state index is 12.4. The minimum absolute atomic E-state index is 0.173. The highest BCUT2D eigenvalue weighted by Gasteiger charge is 2.22. The molecule has 0 unspecified atom stereocenters. The van der Waals surface area contributed by atoms with E-state index in [0.29, 0.717) is 29.7 Å². The monoisotopic (exact) mass is 436 g/mol. The summed E-state index contributed by atoms with van der Waals surface area (Å²) in [7, 11) is 0. The lowest BCUT2D eigenvalue weighted by Crippen LogP contribution is -2.45. The van der Waals surface area contributed by atoms with E-state index >= 15 is 0 Å². The number of benzene rings is 2. The van der Waals surface area contributed by atoms with Crippen molar-refractivity contribution in [3.63, 3.8) is 0 Å². The number of rotatable bonds is 5. The molecule has 0 amide bonds. The summed E-state index contributed by atoms with van der Waals surface area (Å²) in [4.78, 5) is 17.2. The minimum Gasteiger partial charge on any atom is -0.507 e. The van der Waals surface area contributed by atoms with Crippen molar-refractivity contribution in [1.29, 1.82) is 0 Å². The van der Waals surface area contributed by atoms with Gasteiger partial charge in [-0.1, -0.05) is 13.0 Å². The second-order valence-electron chi connectivity index (χ2n) is 8.53. The number of ether oxygens (including phenoxy) is 2. The van der Waals surface area contributed by atoms with Gasteiger partial charge in [0.15, 0.2) is 11.5 Å². The van der Waals surface area contributed by atoms with E-state index in [0.717, 1.165) is 55.2 Å². The molecule has 2 aromatic carbocycles. The minimum atomic E-state index is -0.308. The van der Waals surface area contributed by atoms with Crippen molar-refractivity contribution in [3.8, 4) is 17.2 Å². The van der Waals surface area contributed by atoms with Gasteiger partial charge in [-0.3, -0.25) is 9.80 Å². The van der Waals surface area contributed by atoms with Gasteiger partial charge in [0.2, 0.25) is 6.79 Å². The molecule has 3 aromatic rings. The Balaban J connectivity index is 1.29. The highest BCUT2D eigenvalue weighted by atomic mass is 16.7. The Morgan fingerprint density at radius 1 is 0.938 bits per heavy atom. The fourth-order valence-electron chi connectivity index (χ4n) is 4.69. The van der Waals surface area contributed by atoms with Crippen molar-refractivity contribution >= 4 is 11.0 Å². The molecule has 2 aliphatic rings. The summed E-state index contributed by atoms with van der Waals surface area (Å²) in [6.07, 6.45) is 0.631. The smallest absolute Gasteiger partial charge is 0.339 e. The molecule has 0 spiro atoms. The first-order valence-corrected chi connectivity index (χ1v) is 11.1. The Hall–Kier alpha value is -3.03. The lowest BCUT2D eigenvalue weighted by atomic mass is 10.0. The van der Waals surface area contributed by atoms with E-state index in [1.54, 1.807) is 6.07 Å². The molecule has 7 nitrogen and oxygen atoms in total. The maximum Gasteiger partial charge on any atom is 0.339 e. The third-order valence-corrected chi connectivity index (χ3v) is 6.58. The second-order valence-corrected chi connectivity index (χ2v) is 8.53. The van der Waals surface area contributed by atoms with Crippen LogP contribution in [0.5, 0.6) is 17.2 Å². The fraction of sp³-hybridized carbons (Fsp3) is 0.400. The first-order valence-electron chi connectivity index (χ1n) is 11.1. The normalized spacial score (nSPS) is 16.7. The van der Waals surface area contributed by atoms with Gasteiger partial charge in [0.05, 0.1) is 5.56 Å². The largest absolute Gasteiger partial charge is 0.507 e. The summed E-state index contributed by atoms with van der Waals surface area (Å²) in [5.41, 5.74) is 3.73. The molecule has 32 heavy (non-hydrogen) atoms. The maximum atomic E-state index is 12.4. The van der Waals surface area contributed by atoms with E-state index in [1.807, 2.05) is 26.0 Å². The molecule has 0 saturated carbocycles. The van der Waals surface area contributed by atoms with E-state index in [4.69, 9.17) is 13.9 Å². The van der Waals surface area contributed by atoms with E-state index in [-0.39, 0.29) is 18.2 Å². The molecule has 5 rings (SSSR count). The molecule has 0 atom stereocenters. The van der Waals surface area contributed by atoms with Gasteiger partial charge in [-0.2, -0.15) is 0 Å². The lowest BCUT2D eigenvalue weighted by molar-refractivity contribution is 0.121. The van der Waals surface area contributed by atoms with E-state index in [2.05, 4.69) is 21.9 Å². The van der Waals surface area contributed by atoms with Crippen molar-refractivity contribution in [2.75, 3.05) is 33.0 Å². The van der Waals surface area contributed by atoms with Crippen LogP contribution in [0.2, 0.25) is 0 Å². The average Bonchev–Trinajstić information content (AvgIpc) is 3.25. The molecule has 168 valence electrons. The fourth-order valence-corrected chi connectivity index (χ4v) is 4.69. The third kappa shape index (κ3) is 3.82. The first-order chi connectivity index (χ1) is 15.5. The summed E-state index contributed by atoms with van der Waals surface area (Å²) >= 11 is 0. The van der Waals surface area contributed by atoms with Crippen LogP contribution in [0.25, 0.3) is 11.0 Å². The van der Waals surface area contributed by atoms with E-state index < -0.39 is 0 Å². The van der Waals surface area contributed by atoms with Crippen LogP contribution in [0.3, 0.4) is 0 Å². The van der Waals surface area contributed by atoms with E-state index in [1.165, 1.54) is 5.56 Å². The summed E-state index contributed by atoms with van der Waals surface area (Å²) in [6.45, 7) is 9.19. The number of hydrogen-bond acceptors (Lipinski definition) is 7. The van der Waals surface area contributed by atoms with Gasteiger partial charge in [-0.05, 0) is 48.7 Å². The standard InChI is InChI=1S/C25H28N2O5/c1-3-18-16(2)19-5-6-21(28)20(24(19)32-25(18)29)14-27-10-8-26(9-11-27)13-17-4-7-22-23(12-17)31-15-30-22/h4-7,12,28H,3,8-11,13-15H2,1-2H3. The molecular weight excluding hydrogens is 408 g/mol. The molecule has 1 fully saturated rings. The molecule has 7 heteroatoms. The Morgan fingerprint density at radius 2 is 1.66 bits per heavy atom. The van der Waals surface area contributed by atoms with E-state index in [9.17, 15) is 9.90 Å². The first kappa shape index (κ1) is 20.8. The van der Waals surface area contributed by atoms with Crippen molar-refractivity contribution in [1.82, 2.24) is 9.80 Å². The third-order valence-electron chi connectivity index (χ3n) is 6.58. The number of piperazine rings is 1. The number of aryl methyl sites for hydroxylation is 1. The SMILES string of the molecule is CCc1c(C)c2ccc(O)c(CN3CCN(Cc4ccc5c(c4)OCO5)CC3)c2oc1=O. The van der Waals surface area contributed by atoms with Crippen LogP contribution in [-0.4, -0.2) is 47.9 Å². The average molecular weight is 437 g/mol. The van der Waals surface area contributed by atoms with Crippen LogP contribution in [0.4, 0.5) is 0 Å². The molecule has 0 radical (unpaired) electrons. The van der Waals surface area contributed by atoms with Gasteiger partial charge in [-0.15, -0.1) is 0 Å². The Kier molecular flexibility index (Phi) is 5.53. The summed E-state index contributed by atoms with van der Waals surface area (Å²) < 4.78 is 16.6. The van der Waals surface area contributed by atoms with Gasteiger partial charge in [0, 0.05) is 50.2 Å². The van der Waals surface area contributed by atoms with Gasteiger partial charge < -0.3 is 19.0 Å². The molecule has 0 bridgehead atoms. The lowest BCUT2D eigenvalue weighted by Gasteiger charge is -2.35. The summed E-state index contributed by atoms with van der Waals surface area (Å²) in [6, 6.07) is 9.66. The number of phenols is 1. The molecule has 1 saturated heterocycles. The quantitative estimate of drug-likeness (QED) is 0.614. The number of nitrogens with zero attached hydrogens (tertiary/aromatic N) is 2. The number of aromatic hydroxyl groups is 1. The van der Waals surface area contributed by atoms with Gasteiger partial charge in [-0.25, -0.2) is 4.79 Å². The van der Waals surface area contributed by atoms with Crippen molar-refractivity contribution in [2.24, 2.45) is 0 Å². The predicted molar refractivity (Wildman–Crippen MR) is 121 cm³/mol. The second kappa shape index (κ2) is 8.48. The molecule has 0 aliphatic carbocycles. The topological polar surface area (TPSA) is 75.4 Å². The van der Waals surface area contributed by atoms with Crippen LogP contribution in [0.15, 0.2) is 39.5 Å². The predicted octanol–water partition coefficient (Wildman–Crippen LogP) is 3.42. The summed E-state index contributed by atoms with van der Waals surface area (Å²) in [5, 5.41) is 11.4. The molecular formula is C25H28N2O5. The summed E-state index contributed by atoms with van der Waals surface area (Å²) in [5.74, 6) is 1.80. The zero-order valence-electron chi connectivity index (χ0n) is 18.5. The van der Waals surface area contributed by atoms with Gasteiger partial charge in [0.25, 0.3) is 0 Å². The van der Waals surface area contributed by atoms with Crippen molar-refractivity contribution in [3.05, 3.63) is 63.0 Å².